The summed E-state index contributed by atoms with van der Waals surface area (Å²) in [5, 5.41) is 0.741. The molecule has 3 aromatic rings. The van der Waals surface area contributed by atoms with Crippen molar-refractivity contribution >= 4 is 31.4 Å². The molecule has 0 unspecified atom stereocenters. The first-order valence-electron chi connectivity index (χ1n) is 9.62. The molecule has 0 amide bonds. The SMILES string of the molecule is CCCCOc1ccc(C)cc1S(=O)(=O)C(=[N+]=[N-])C(=O)c1ccc2ccccc2c1. The molecule has 0 heterocycles. The Labute approximate surface area is 175 Å². The van der Waals surface area contributed by atoms with Crippen LogP contribution in [0.3, 0.4) is 0 Å². The van der Waals surface area contributed by atoms with Gasteiger partial charge in [-0.1, -0.05) is 55.8 Å². The van der Waals surface area contributed by atoms with Gasteiger partial charge in [0.2, 0.25) is 0 Å². The maximum Gasteiger partial charge on any atom is 0.457 e. The lowest BCUT2D eigenvalue weighted by Crippen LogP contribution is -2.26. The van der Waals surface area contributed by atoms with Gasteiger partial charge in [-0.2, -0.15) is 0 Å². The van der Waals surface area contributed by atoms with Crippen LogP contribution in [-0.4, -0.2) is 30.6 Å². The Balaban J connectivity index is 2.04. The fourth-order valence-corrected chi connectivity index (χ4v) is 4.46. The largest absolute Gasteiger partial charge is 0.492 e. The van der Waals surface area contributed by atoms with Crippen LogP contribution < -0.4 is 4.74 Å². The third-order valence-corrected chi connectivity index (χ3v) is 6.37. The smallest absolute Gasteiger partial charge is 0.457 e. The summed E-state index contributed by atoms with van der Waals surface area (Å²) < 4.78 is 32.1. The van der Waals surface area contributed by atoms with Gasteiger partial charge in [-0.15, -0.1) is 4.79 Å². The topological polar surface area (TPSA) is 96.8 Å². The van der Waals surface area contributed by atoms with Crippen LogP contribution in [0, 0.1) is 6.92 Å². The molecule has 0 saturated heterocycles. The molecule has 30 heavy (non-hydrogen) atoms. The number of sulfone groups is 1. The second-order valence-electron chi connectivity index (χ2n) is 6.95. The molecule has 0 N–H and O–H groups in total. The van der Waals surface area contributed by atoms with Crippen molar-refractivity contribution in [1.82, 2.24) is 0 Å². The number of Topliss-reactive ketones (excluding diaryl/α,β-unsaturated/α-hetero) is 1. The van der Waals surface area contributed by atoms with Crippen molar-refractivity contribution in [3.63, 3.8) is 0 Å². The van der Waals surface area contributed by atoms with E-state index in [-0.39, 0.29) is 16.2 Å². The van der Waals surface area contributed by atoms with Crippen molar-refractivity contribution in [3.8, 4) is 5.75 Å². The zero-order chi connectivity index (χ0) is 21.7. The highest BCUT2D eigenvalue weighted by molar-refractivity contribution is 8.08. The molecule has 3 aromatic carbocycles. The van der Waals surface area contributed by atoms with E-state index in [1.54, 1.807) is 31.2 Å². The highest BCUT2D eigenvalue weighted by Gasteiger charge is 2.40. The summed E-state index contributed by atoms with van der Waals surface area (Å²) in [6, 6.07) is 16.9. The van der Waals surface area contributed by atoms with E-state index in [0.717, 1.165) is 23.6 Å². The maximum absolute atomic E-state index is 13.3. The lowest BCUT2D eigenvalue weighted by molar-refractivity contribution is -0.00159. The predicted octanol–water partition coefficient (Wildman–Crippen LogP) is 4.61. The minimum absolute atomic E-state index is 0.117. The standard InChI is InChI=1S/C23H22N2O4S/c1-3-4-13-29-20-12-9-16(2)14-21(20)30(27,28)23(25-24)22(26)19-11-10-17-7-5-6-8-18(17)15-19/h5-12,14-15H,3-4,13H2,1-2H3. The van der Waals surface area contributed by atoms with Gasteiger partial charge in [0.1, 0.15) is 10.6 Å². The second-order valence-corrected chi connectivity index (χ2v) is 8.79. The molecule has 0 fully saturated rings. The van der Waals surface area contributed by atoms with Gasteiger partial charge >= 0.3 is 5.04 Å². The van der Waals surface area contributed by atoms with E-state index in [9.17, 15) is 18.7 Å². The first-order valence-corrected chi connectivity index (χ1v) is 11.1. The zero-order valence-corrected chi connectivity index (χ0v) is 17.6. The number of fused-ring (bicyclic) bond motifs is 1. The number of unbranched alkanes of at least 4 members (excludes halogenated alkanes) is 1. The van der Waals surface area contributed by atoms with Crippen LogP contribution in [0.1, 0.15) is 35.7 Å². The van der Waals surface area contributed by atoms with Gasteiger partial charge in [-0.3, -0.25) is 4.79 Å². The van der Waals surface area contributed by atoms with Crippen LogP contribution in [0.2, 0.25) is 0 Å². The Morgan fingerprint density at radius 1 is 1.03 bits per heavy atom. The molecule has 0 spiro atoms. The van der Waals surface area contributed by atoms with Crippen LogP contribution in [0.5, 0.6) is 5.75 Å². The number of benzene rings is 3. The Hall–Kier alpha value is -3.28. The molecule has 0 saturated carbocycles. The van der Waals surface area contributed by atoms with E-state index in [2.05, 4.69) is 4.79 Å². The van der Waals surface area contributed by atoms with E-state index in [4.69, 9.17) is 4.74 Å². The molecule has 7 heteroatoms. The fourth-order valence-electron chi connectivity index (χ4n) is 3.05. The number of hydrogen-bond donors (Lipinski definition) is 0. The van der Waals surface area contributed by atoms with Crippen LogP contribution >= 0.6 is 0 Å². The molecule has 0 aromatic heterocycles. The van der Waals surface area contributed by atoms with E-state index in [1.807, 2.05) is 31.2 Å². The van der Waals surface area contributed by atoms with Crippen molar-refractivity contribution in [2.45, 2.75) is 31.6 Å². The van der Waals surface area contributed by atoms with Gasteiger partial charge in [0.25, 0.3) is 15.6 Å². The molecule has 0 aliphatic heterocycles. The number of ether oxygens (including phenoxy) is 1. The van der Waals surface area contributed by atoms with Gasteiger partial charge in [0, 0.05) is 5.56 Å². The molecule has 0 aliphatic carbocycles. The highest BCUT2D eigenvalue weighted by Crippen LogP contribution is 2.28. The minimum atomic E-state index is -4.42. The predicted molar refractivity (Wildman–Crippen MR) is 116 cm³/mol. The average Bonchev–Trinajstić information content (AvgIpc) is 2.74. The highest BCUT2D eigenvalue weighted by atomic mass is 32.2. The molecular weight excluding hydrogens is 400 g/mol. The monoisotopic (exact) mass is 422 g/mol. The van der Waals surface area contributed by atoms with E-state index >= 15 is 0 Å². The maximum atomic E-state index is 13.3. The molecule has 0 aliphatic rings. The number of rotatable bonds is 7. The van der Waals surface area contributed by atoms with Crippen LogP contribution in [0.15, 0.2) is 65.6 Å². The Morgan fingerprint density at radius 3 is 2.47 bits per heavy atom. The third-order valence-electron chi connectivity index (χ3n) is 4.70. The quantitative estimate of drug-likeness (QED) is 0.139. The molecule has 0 atom stereocenters. The lowest BCUT2D eigenvalue weighted by atomic mass is 10.0. The third kappa shape index (κ3) is 4.32. The van der Waals surface area contributed by atoms with Gasteiger partial charge in [-0.25, -0.2) is 8.42 Å². The Kier molecular flexibility index (Phi) is 6.45. The molecule has 6 nitrogen and oxygen atoms in total. The summed E-state index contributed by atoms with van der Waals surface area (Å²) in [4.78, 5) is 15.7. The van der Waals surface area contributed by atoms with Crippen molar-refractivity contribution in [2.24, 2.45) is 0 Å². The van der Waals surface area contributed by atoms with Crippen molar-refractivity contribution in [1.29, 1.82) is 0 Å². The van der Waals surface area contributed by atoms with E-state index in [0.29, 0.717) is 12.2 Å². The molecular formula is C23H22N2O4S. The van der Waals surface area contributed by atoms with Crippen molar-refractivity contribution in [2.75, 3.05) is 6.61 Å². The van der Waals surface area contributed by atoms with E-state index < -0.39 is 20.7 Å². The zero-order valence-electron chi connectivity index (χ0n) is 16.8. The Morgan fingerprint density at radius 2 is 1.77 bits per heavy atom. The van der Waals surface area contributed by atoms with Crippen molar-refractivity contribution in [3.05, 3.63) is 77.3 Å². The van der Waals surface area contributed by atoms with Gasteiger partial charge in [-0.05, 0) is 47.9 Å². The summed E-state index contributed by atoms with van der Waals surface area (Å²) >= 11 is 0. The lowest BCUT2D eigenvalue weighted by Gasteiger charge is -2.11. The number of ketones is 1. The molecule has 154 valence electrons. The average molecular weight is 423 g/mol. The number of carbonyl (C=O) groups is 1. The second kappa shape index (κ2) is 9.03. The summed E-state index contributed by atoms with van der Waals surface area (Å²) in [5.41, 5.74) is 10.3. The van der Waals surface area contributed by atoms with Gasteiger partial charge < -0.3 is 10.3 Å². The van der Waals surface area contributed by atoms with Gasteiger partial charge in [0.05, 0.1) is 6.61 Å². The van der Waals surface area contributed by atoms with E-state index in [1.165, 1.54) is 12.1 Å². The number of carbonyl (C=O) groups excluding carboxylic acids is 1. The van der Waals surface area contributed by atoms with Gasteiger partial charge in [0.15, 0.2) is 0 Å². The number of aryl methyl sites for hydroxylation is 1. The molecule has 0 bridgehead atoms. The van der Waals surface area contributed by atoms with Crippen molar-refractivity contribution < 1.29 is 22.7 Å². The molecule has 3 rings (SSSR count). The summed E-state index contributed by atoms with van der Waals surface area (Å²) in [6.45, 7) is 4.07. The molecule has 0 radical (unpaired) electrons. The van der Waals surface area contributed by atoms with Crippen LogP contribution in [0.4, 0.5) is 0 Å². The number of nitrogens with zero attached hydrogens (tertiary/aromatic N) is 2. The first kappa shape index (κ1) is 21.4. The summed E-state index contributed by atoms with van der Waals surface area (Å²) in [7, 11) is -4.42. The number of hydrogen-bond acceptors (Lipinski definition) is 4. The minimum Gasteiger partial charge on any atom is -0.492 e. The summed E-state index contributed by atoms with van der Waals surface area (Å²) in [5.74, 6) is -0.759. The van der Waals surface area contributed by atoms with Crippen LogP contribution in [0.25, 0.3) is 16.3 Å². The van der Waals surface area contributed by atoms with Crippen LogP contribution in [-0.2, 0) is 9.84 Å². The summed E-state index contributed by atoms with van der Waals surface area (Å²) in [6.07, 6.45) is 1.64. The normalized spacial score (nSPS) is 11.1. The fraction of sp³-hybridized carbons (Fsp3) is 0.217. The Bertz CT molecular complexity index is 1260. The first-order chi connectivity index (χ1) is 14.4.